The van der Waals surface area contributed by atoms with Gasteiger partial charge < -0.3 is 10.4 Å². The maximum atomic E-state index is 10.8. The minimum absolute atomic E-state index is 0.0765. The van der Waals surface area contributed by atoms with Crippen LogP contribution in [0.5, 0.6) is 0 Å². The Hall–Kier alpha value is -1.51. The fraction of sp³-hybridized carbons (Fsp3) is 0.462. The molecule has 0 heterocycles. The standard InChI is InChI=1S/C13H19NO2/c1-13(2,3)11(9-12(15)16)14-10-7-5-4-6-8-10/h4-8,11,14H,9H2,1-3H3,(H,15,16)/t11-/m1/s1. The maximum absolute atomic E-state index is 10.8. The van der Waals surface area contributed by atoms with Crippen LogP contribution in [0.1, 0.15) is 27.2 Å². The van der Waals surface area contributed by atoms with Gasteiger partial charge in [0.1, 0.15) is 0 Å². The molecule has 0 saturated heterocycles. The zero-order valence-corrected chi connectivity index (χ0v) is 10.0. The highest BCUT2D eigenvalue weighted by Crippen LogP contribution is 2.25. The van der Waals surface area contributed by atoms with Crippen LogP contribution in [0.15, 0.2) is 30.3 Å². The highest BCUT2D eigenvalue weighted by atomic mass is 16.4. The Morgan fingerprint density at radius 3 is 2.31 bits per heavy atom. The van der Waals surface area contributed by atoms with Crippen LogP contribution in [0.4, 0.5) is 5.69 Å². The molecule has 1 aromatic carbocycles. The lowest BCUT2D eigenvalue weighted by molar-refractivity contribution is -0.137. The number of anilines is 1. The molecule has 3 nitrogen and oxygen atoms in total. The van der Waals surface area contributed by atoms with Crippen molar-refractivity contribution >= 4 is 11.7 Å². The number of hydrogen-bond acceptors (Lipinski definition) is 2. The van der Waals surface area contributed by atoms with Gasteiger partial charge in [0.15, 0.2) is 0 Å². The van der Waals surface area contributed by atoms with Crippen LogP contribution in [-0.4, -0.2) is 17.1 Å². The van der Waals surface area contributed by atoms with Gasteiger partial charge in [0.2, 0.25) is 0 Å². The fourth-order valence-corrected chi connectivity index (χ4v) is 1.48. The van der Waals surface area contributed by atoms with Crippen molar-refractivity contribution in [1.29, 1.82) is 0 Å². The number of aliphatic carboxylic acids is 1. The van der Waals surface area contributed by atoms with Crippen molar-refractivity contribution < 1.29 is 9.90 Å². The Balaban J connectivity index is 2.75. The molecule has 0 spiro atoms. The van der Waals surface area contributed by atoms with Gasteiger partial charge in [-0.2, -0.15) is 0 Å². The van der Waals surface area contributed by atoms with Crippen molar-refractivity contribution in [2.45, 2.75) is 33.2 Å². The van der Waals surface area contributed by atoms with E-state index in [0.717, 1.165) is 5.69 Å². The molecule has 0 aliphatic carbocycles. The number of carbonyl (C=O) groups is 1. The zero-order valence-electron chi connectivity index (χ0n) is 10.0. The molecule has 0 saturated carbocycles. The summed E-state index contributed by atoms with van der Waals surface area (Å²) in [5.74, 6) is -0.775. The van der Waals surface area contributed by atoms with Crippen LogP contribution in [0.3, 0.4) is 0 Å². The van der Waals surface area contributed by atoms with Gasteiger partial charge >= 0.3 is 5.97 Å². The first-order valence-corrected chi connectivity index (χ1v) is 5.43. The van der Waals surface area contributed by atoms with E-state index in [2.05, 4.69) is 5.32 Å². The molecule has 1 rings (SSSR count). The quantitative estimate of drug-likeness (QED) is 0.821. The van der Waals surface area contributed by atoms with Gasteiger partial charge in [-0.05, 0) is 17.5 Å². The Kier molecular flexibility index (Phi) is 3.93. The molecule has 0 aliphatic rings. The first-order valence-electron chi connectivity index (χ1n) is 5.43. The number of para-hydroxylation sites is 1. The van der Waals surface area contributed by atoms with E-state index in [1.807, 2.05) is 51.1 Å². The largest absolute Gasteiger partial charge is 0.481 e. The van der Waals surface area contributed by atoms with E-state index in [1.165, 1.54) is 0 Å². The van der Waals surface area contributed by atoms with Gasteiger partial charge in [0, 0.05) is 11.7 Å². The summed E-state index contributed by atoms with van der Waals surface area (Å²) >= 11 is 0. The fourth-order valence-electron chi connectivity index (χ4n) is 1.48. The zero-order chi connectivity index (χ0) is 12.2. The van der Waals surface area contributed by atoms with Crippen molar-refractivity contribution in [2.24, 2.45) is 5.41 Å². The van der Waals surface area contributed by atoms with E-state index in [9.17, 15) is 4.79 Å². The summed E-state index contributed by atoms with van der Waals surface area (Å²) in [4.78, 5) is 10.8. The van der Waals surface area contributed by atoms with Crippen LogP contribution in [0.25, 0.3) is 0 Å². The molecule has 2 N–H and O–H groups in total. The van der Waals surface area contributed by atoms with Gasteiger partial charge in [-0.15, -0.1) is 0 Å². The summed E-state index contributed by atoms with van der Waals surface area (Å²) in [5, 5.41) is 12.2. The molecule has 0 fully saturated rings. The molecule has 1 atom stereocenters. The van der Waals surface area contributed by atoms with Gasteiger partial charge in [-0.25, -0.2) is 0 Å². The number of carboxylic acid groups (broad SMARTS) is 1. The van der Waals surface area contributed by atoms with E-state index in [1.54, 1.807) is 0 Å². The second-order valence-corrected chi connectivity index (χ2v) is 5.03. The molecule has 0 aliphatic heterocycles. The number of benzene rings is 1. The van der Waals surface area contributed by atoms with Crippen LogP contribution >= 0.6 is 0 Å². The Morgan fingerprint density at radius 1 is 1.31 bits per heavy atom. The summed E-state index contributed by atoms with van der Waals surface area (Å²) in [6.07, 6.45) is 0.123. The molecule has 0 unspecified atom stereocenters. The summed E-state index contributed by atoms with van der Waals surface area (Å²) in [6, 6.07) is 9.62. The second-order valence-electron chi connectivity index (χ2n) is 5.03. The first-order chi connectivity index (χ1) is 7.39. The third kappa shape index (κ3) is 3.93. The van der Waals surface area contributed by atoms with Crippen LogP contribution < -0.4 is 5.32 Å². The topological polar surface area (TPSA) is 49.3 Å². The van der Waals surface area contributed by atoms with Gasteiger partial charge in [0.05, 0.1) is 6.42 Å². The van der Waals surface area contributed by atoms with E-state index in [0.29, 0.717) is 0 Å². The smallest absolute Gasteiger partial charge is 0.305 e. The molecule has 0 bridgehead atoms. The number of hydrogen-bond donors (Lipinski definition) is 2. The van der Waals surface area contributed by atoms with Crippen LogP contribution in [0, 0.1) is 5.41 Å². The van der Waals surface area contributed by atoms with Gasteiger partial charge in [-0.1, -0.05) is 39.0 Å². The third-order valence-electron chi connectivity index (χ3n) is 2.54. The molecule has 0 radical (unpaired) electrons. The summed E-state index contributed by atoms with van der Waals surface area (Å²) < 4.78 is 0. The van der Waals surface area contributed by atoms with Gasteiger partial charge in [-0.3, -0.25) is 4.79 Å². The molecule has 0 aromatic heterocycles. The lowest BCUT2D eigenvalue weighted by Gasteiger charge is -2.31. The lowest BCUT2D eigenvalue weighted by atomic mass is 9.84. The summed E-state index contributed by atoms with van der Waals surface area (Å²) in [5.41, 5.74) is 0.873. The predicted octanol–water partition coefficient (Wildman–Crippen LogP) is 2.99. The van der Waals surface area contributed by atoms with Crippen molar-refractivity contribution in [3.63, 3.8) is 0 Å². The minimum atomic E-state index is -0.775. The molecule has 88 valence electrons. The molecule has 0 amide bonds. The molecule has 3 heteroatoms. The minimum Gasteiger partial charge on any atom is -0.481 e. The number of carboxylic acids is 1. The molecular formula is C13H19NO2. The van der Waals surface area contributed by atoms with E-state index < -0.39 is 5.97 Å². The van der Waals surface area contributed by atoms with Crippen LogP contribution in [0.2, 0.25) is 0 Å². The number of nitrogens with one attached hydrogen (secondary N) is 1. The van der Waals surface area contributed by atoms with E-state index >= 15 is 0 Å². The molecule has 16 heavy (non-hydrogen) atoms. The average Bonchev–Trinajstić information content (AvgIpc) is 2.16. The van der Waals surface area contributed by atoms with E-state index in [4.69, 9.17) is 5.11 Å². The average molecular weight is 221 g/mol. The highest BCUT2D eigenvalue weighted by Gasteiger charge is 2.26. The second kappa shape index (κ2) is 5.01. The first kappa shape index (κ1) is 12.6. The Labute approximate surface area is 96.5 Å². The monoisotopic (exact) mass is 221 g/mol. The third-order valence-corrected chi connectivity index (χ3v) is 2.54. The van der Waals surface area contributed by atoms with Crippen molar-refractivity contribution in [3.8, 4) is 0 Å². The van der Waals surface area contributed by atoms with Crippen molar-refractivity contribution in [2.75, 3.05) is 5.32 Å². The van der Waals surface area contributed by atoms with Gasteiger partial charge in [0.25, 0.3) is 0 Å². The summed E-state index contributed by atoms with van der Waals surface area (Å²) in [7, 11) is 0. The van der Waals surface area contributed by atoms with Crippen molar-refractivity contribution in [3.05, 3.63) is 30.3 Å². The SMILES string of the molecule is CC(C)(C)[C@@H](CC(=O)O)Nc1ccccc1. The maximum Gasteiger partial charge on any atom is 0.305 e. The Bertz CT molecular complexity index is 341. The molecular weight excluding hydrogens is 202 g/mol. The Morgan fingerprint density at radius 2 is 1.88 bits per heavy atom. The summed E-state index contributed by atoms with van der Waals surface area (Å²) in [6.45, 7) is 6.11. The number of rotatable bonds is 4. The lowest BCUT2D eigenvalue weighted by Crippen LogP contribution is -2.36. The predicted molar refractivity (Wildman–Crippen MR) is 65.6 cm³/mol. The van der Waals surface area contributed by atoms with E-state index in [-0.39, 0.29) is 17.9 Å². The van der Waals surface area contributed by atoms with Crippen molar-refractivity contribution in [1.82, 2.24) is 0 Å². The van der Waals surface area contributed by atoms with Crippen LogP contribution in [-0.2, 0) is 4.79 Å². The highest BCUT2D eigenvalue weighted by molar-refractivity contribution is 5.68. The normalized spacial score (nSPS) is 13.2. The molecule has 1 aromatic rings.